The lowest BCUT2D eigenvalue weighted by Gasteiger charge is -2.35. The van der Waals surface area contributed by atoms with Gasteiger partial charge >= 0.3 is 0 Å². The van der Waals surface area contributed by atoms with Crippen LogP contribution in [-0.4, -0.2) is 34.5 Å². The minimum absolute atomic E-state index is 0.167. The van der Waals surface area contributed by atoms with Crippen molar-refractivity contribution in [2.45, 2.75) is 41.8 Å². The van der Waals surface area contributed by atoms with Gasteiger partial charge in [0.1, 0.15) is 12.1 Å². The minimum Gasteiger partial charge on any atom is -0.374 e. The van der Waals surface area contributed by atoms with Gasteiger partial charge in [0.05, 0.1) is 5.69 Å². The van der Waals surface area contributed by atoms with Gasteiger partial charge in [0.25, 0.3) is 5.91 Å². The molecule has 2 N–H and O–H groups in total. The molecule has 0 aromatic heterocycles. The van der Waals surface area contributed by atoms with Crippen LogP contribution in [-0.2, 0) is 6.54 Å². The number of amidine groups is 1. The predicted octanol–water partition coefficient (Wildman–Crippen LogP) is 5.62. The molecule has 1 atom stereocenters. The Morgan fingerprint density at radius 1 is 1.09 bits per heavy atom. The smallest absolute Gasteiger partial charge is 0.251 e. The second-order valence-electron chi connectivity index (χ2n) is 8.20. The van der Waals surface area contributed by atoms with E-state index in [4.69, 9.17) is 16.6 Å². The number of aliphatic hydroxyl groups excluding tert-OH is 1. The Balaban J connectivity index is 1.46. The van der Waals surface area contributed by atoms with Gasteiger partial charge < -0.3 is 15.3 Å². The summed E-state index contributed by atoms with van der Waals surface area (Å²) in [6.07, 6.45) is 2.20. The summed E-state index contributed by atoms with van der Waals surface area (Å²) in [4.78, 5) is 21.9. The lowest BCUT2D eigenvalue weighted by Crippen LogP contribution is -2.44. The van der Waals surface area contributed by atoms with Crippen LogP contribution < -0.4 is 5.32 Å². The number of aliphatic imine (C=N–C) groups is 1. The van der Waals surface area contributed by atoms with E-state index in [1.54, 1.807) is 11.8 Å². The molecule has 3 aromatic rings. The van der Waals surface area contributed by atoms with E-state index in [0.29, 0.717) is 17.1 Å². The molecule has 2 heterocycles. The quantitative estimate of drug-likeness (QED) is 0.514. The second kappa shape index (κ2) is 9.59. The fourth-order valence-corrected chi connectivity index (χ4v) is 5.39. The summed E-state index contributed by atoms with van der Waals surface area (Å²) in [7, 11) is 0. The first-order valence-corrected chi connectivity index (χ1v) is 12.3. The molecule has 0 bridgehead atoms. The van der Waals surface area contributed by atoms with E-state index in [2.05, 4.69) is 11.4 Å². The van der Waals surface area contributed by atoms with Crippen LogP contribution in [0.1, 0.15) is 40.7 Å². The Morgan fingerprint density at radius 3 is 2.82 bits per heavy atom. The van der Waals surface area contributed by atoms with Gasteiger partial charge in [-0.2, -0.15) is 0 Å². The van der Waals surface area contributed by atoms with Crippen molar-refractivity contribution >= 4 is 40.8 Å². The van der Waals surface area contributed by atoms with Gasteiger partial charge in [-0.1, -0.05) is 53.7 Å². The lowest BCUT2D eigenvalue weighted by atomic mass is 10.1. The Bertz CT molecular complexity index is 1230. The zero-order valence-electron chi connectivity index (χ0n) is 18.0. The van der Waals surface area contributed by atoms with Gasteiger partial charge in [-0.15, -0.1) is 0 Å². The third-order valence-electron chi connectivity index (χ3n) is 5.88. The third-order valence-corrected chi connectivity index (χ3v) is 7.26. The van der Waals surface area contributed by atoms with E-state index in [0.717, 1.165) is 58.2 Å². The largest absolute Gasteiger partial charge is 0.374 e. The normalized spacial score (nSPS) is 17.5. The van der Waals surface area contributed by atoms with Crippen molar-refractivity contribution in [1.82, 2.24) is 10.2 Å². The maximum atomic E-state index is 12.9. The number of carbonyl (C=O) groups excluding carboxylic acids is 1. The summed E-state index contributed by atoms with van der Waals surface area (Å²) in [6.45, 7) is 1.15. The predicted molar refractivity (Wildman–Crippen MR) is 132 cm³/mol. The minimum atomic E-state index is -0.554. The van der Waals surface area contributed by atoms with Crippen LogP contribution in [0.3, 0.4) is 0 Å². The highest BCUT2D eigenvalue weighted by Gasteiger charge is 2.28. The number of hydrogen-bond donors (Lipinski definition) is 2. The Hall–Kier alpha value is -2.80. The van der Waals surface area contributed by atoms with Crippen molar-refractivity contribution in [3.63, 3.8) is 0 Å². The van der Waals surface area contributed by atoms with Crippen LogP contribution in [0.4, 0.5) is 5.69 Å². The number of amides is 1. The second-order valence-corrected chi connectivity index (χ2v) is 9.72. The van der Waals surface area contributed by atoms with Crippen LogP contribution in [0.25, 0.3) is 0 Å². The van der Waals surface area contributed by atoms with Crippen molar-refractivity contribution in [1.29, 1.82) is 0 Å². The standard InChI is InChI=1S/C26H24ClN3O2S/c27-19-7-5-6-17(14-19)16-28-26(32)18-11-12-23-21(15-18)29-25(30-13-4-3-10-24(30)31)20-8-1-2-9-22(20)33-23/h1-2,5-9,11-12,14-15,24,31H,3-4,10,13,16H2,(H,28,32). The fourth-order valence-electron chi connectivity index (χ4n) is 4.18. The summed E-state index contributed by atoms with van der Waals surface area (Å²) in [5.74, 6) is 0.597. The van der Waals surface area contributed by atoms with Crippen molar-refractivity contribution < 1.29 is 9.90 Å². The number of benzene rings is 3. The molecule has 1 unspecified atom stereocenters. The summed E-state index contributed by atoms with van der Waals surface area (Å²) < 4.78 is 0. The maximum absolute atomic E-state index is 12.9. The first kappa shape index (κ1) is 22.0. The van der Waals surface area contributed by atoms with Crippen molar-refractivity contribution in [3.05, 3.63) is 88.4 Å². The molecule has 2 aliphatic heterocycles. The molecule has 1 fully saturated rings. The molecule has 0 aliphatic carbocycles. The maximum Gasteiger partial charge on any atom is 0.251 e. The molecule has 7 heteroatoms. The topological polar surface area (TPSA) is 64.9 Å². The Kier molecular flexibility index (Phi) is 6.40. The number of hydrogen-bond acceptors (Lipinski definition) is 5. The van der Waals surface area contributed by atoms with Crippen molar-refractivity contribution in [2.24, 2.45) is 4.99 Å². The number of fused-ring (bicyclic) bond motifs is 2. The molecule has 3 aromatic carbocycles. The Morgan fingerprint density at radius 2 is 1.97 bits per heavy atom. The first-order chi connectivity index (χ1) is 16.1. The van der Waals surface area contributed by atoms with Crippen LogP contribution in [0.15, 0.2) is 81.5 Å². The van der Waals surface area contributed by atoms with E-state index in [1.165, 1.54) is 0 Å². The van der Waals surface area contributed by atoms with E-state index >= 15 is 0 Å². The van der Waals surface area contributed by atoms with Gasteiger partial charge in [-0.3, -0.25) is 4.79 Å². The number of piperidine rings is 1. The molecule has 2 aliphatic rings. The molecule has 5 rings (SSSR count). The highest BCUT2D eigenvalue weighted by Crippen LogP contribution is 2.41. The molecule has 33 heavy (non-hydrogen) atoms. The van der Waals surface area contributed by atoms with Crippen LogP contribution >= 0.6 is 23.4 Å². The summed E-state index contributed by atoms with van der Waals surface area (Å²) in [5.41, 5.74) is 3.23. The van der Waals surface area contributed by atoms with E-state index in [1.807, 2.05) is 65.6 Å². The van der Waals surface area contributed by atoms with Crippen molar-refractivity contribution in [2.75, 3.05) is 6.54 Å². The molecule has 0 saturated carbocycles. The number of carbonyl (C=O) groups is 1. The van der Waals surface area contributed by atoms with E-state index < -0.39 is 6.23 Å². The molecule has 1 amide bonds. The number of aliphatic hydroxyl groups is 1. The summed E-state index contributed by atoms with van der Waals surface area (Å²) in [5, 5.41) is 14.3. The van der Waals surface area contributed by atoms with Crippen LogP contribution in [0.5, 0.6) is 0 Å². The van der Waals surface area contributed by atoms with Crippen LogP contribution in [0, 0.1) is 0 Å². The zero-order valence-corrected chi connectivity index (χ0v) is 19.6. The SMILES string of the molecule is O=C(NCc1cccc(Cl)c1)c1ccc2c(c1)N=C(N1CCCCC1O)c1ccccc1S2. The molecule has 5 nitrogen and oxygen atoms in total. The highest BCUT2D eigenvalue weighted by molar-refractivity contribution is 7.99. The number of rotatable bonds is 3. The summed E-state index contributed by atoms with van der Waals surface area (Å²) >= 11 is 7.68. The molecular weight excluding hydrogens is 454 g/mol. The lowest BCUT2D eigenvalue weighted by molar-refractivity contribution is 0.0241. The number of nitrogens with zero attached hydrogens (tertiary/aromatic N) is 2. The molecular formula is C26H24ClN3O2S. The summed E-state index contributed by atoms with van der Waals surface area (Å²) in [6, 6.07) is 21.2. The number of halogens is 1. The highest BCUT2D eigenvalue weighted by atomic mass is 35.5. The number of nitrogens with one attached hydrogen (secondary N) is 1. The monoisotopic (exact) mass is 477 g/mol. The fraction of sp³-hybridized carbons (Fsp3) is 0.231. The van der Waals surface area contributed by atoms with E-state index in [-0.39, 0.29) is 5.91 Å². The van der Waals surface area contributed by atoms with Gasteiger partial charge in [0.2, 0.25) is 0 Å². The van der Waals surface area contributed by atoms with Gasteiger partial charge in [-0.05, 0) is 61.2 Å². The van der Waals surface area contributed by atoms with E-state index in [9.17, 15) is 9.90 Å². The average molecular weight is 478 g/mol. The molecule has 1 saturated heterocycles. The van der Waals surface area contributed by atoms with Crippen LogP contribution in [0.2, 0.25) is 5.02 Å². The van der Waals surface area contributed by atoms with Gasteiger partial charge in [0, 0.05) is 39.0 Å². The molecule has 0 spiro atoms. The average Bonchev–Trinajstić information content (AvgIpc) is 2.99. The Labute approximate surface area is 202 Å². The third kappa shape index (κ3) is 4.78. The molecule has 168 valence electrons. The molecule has 0 radical (unpaired) electrons. The number of likely N-dealkylation sites (tertiary alicyclic amines) is 1. The van der Waals surface area contributed by atoms with Gasteiger partial charge in [0.15, 0.2) is 0 Å². The van der Waals surface area contributed by atoms with Crippen molar-refractivity contribution in [3.8, 4) is 0 Å². The first-order valence-electron chi connectivity index (χ1n) is 11.1. The zero-order chi connectivity index (χ0) is 22.8. The van der Waals surface area contributed by atoms with Gasteiger partial charge in [-0.25, -0.2) is 4.99 Å².